The van der Waals surface area contributed by atoms with Crippen LogP contribution in [0.1, 0.15) is 30.6 Å². The Kier molecular flexibility index (Phi) is 4.74. The van der Waals surface area contributed by atoms with Gasteiger partial charge in [0.1, 0.15) is 0 Å². The van der Waals surface area contributed by atoms with Crippen molar-refractivity contribution < 1.29 is 9.53 Å². The Hall–Kier alpha value is -1.62. The number of rotatable bonds is 4. The molecule has 0 bridgehead atoms. The first-order valence-electron chi connectivity index (χ1n) is 6.80. The van der Waals surface area contributed by atoms with Crippen molar-refractivity contribution in [3.63, 3.8) is 0 Å². The van der Waals surface area contributed by atoms with E-state index in [4.69, 9.17) is 4.74 Å². The van der Waals surface area contributed by atoms with Crippen LogP contribution >= 0.6 is 0 Å². The van der Waals surface area contributed by atoms with Crippen molar-refractivity contribution >= 4 is 11.6 Å². The molecule has 1 saturated heterocycles. The minimum atomic E-state index is 0.0301. The van der Waals surface area contributed by atoms with Crippen LogP contribution in [0.5, 0.6) is 0 Å². The number of carbonyl (C=O) groups is 1. The minimum absolute atomic E-state index is 0.0301. The van der Waals surface area contributed by atoms with Gasteiger partial charge < -0.3 is 15.0 Å². The van der Waals surface area contributed by atoms with Gasteiger partial charge >= 0.3 is 0 Å². The van der Waals surface area contributed by atoms with Crippen molar-refractivity contribution in [2.24, 2.45) is 0 Å². The molecule has 0 radical (unpaired) electrons. The third-order valence-corrected chi connectivity index (χ3v) is 3.25. The van der Waals surface area contributed by atoms with Crippen LogP contribution in [0.3, 0.4) is 0 Å². The third-order valence-electron chi connectivity index (χ3n) is 3.25. The number of hydrogen-bond donors (Lipinski definition) is 1. The van der Waals surface area contributed by atoms with E-state index in [1.165, 1.54) is 0 Å². The summed E-state index contributed by atoms with van der Waals surface area (Å²) in [5, 5.41) is 3.28. The molecule has 1 aliphatic heterocycles. The maximum Gasteiger partial charge on any atom is 0.257 e. The molecule has 5 nitrogen and oxygen atoms in total. The summed E-state index contributed by atoms with van der Waals surface area (Å²) >= 11 is 0. The molecular weight excluding hydrogens is 242 g/mol. The Balaban J connectivity index is 2.17. The highest BCUT2D eigenvalue weighted by Gasteiger charge is 2.26. The first-order chi connectivity index (χ1) is 9.24. The maximum atomic E-state index is 12.6. The molecule has 0 aromatic carbocycles. The lowest BCUT2D eigenvalue weighted by Gasteiger charge is -2.33. The normalized spacial score (nSPS) is 19.3. The fraction of sp³-hybridized carbons (Fsp3) is 0.571. The van der Waals surface area contributed by atoms with Gasteiger partial charge in [-0.25, -0.2) is 0 Å². The highest BCUT2D eigenvalue weighted by molar-refractivity contribution is 5.99. The topological polar surface area (TPSA) is 54.5 Å². The van der Waals surface area contributed by atoms with Gasteiger partial charge in [-0.05, 0) is 19.4 Å². The van der Waals surface area contributed by atoms with E-state index in [9.17, 15) is 4.79 Å². The molecule has 2 rings (SSSR count). The summed E-state index contributed by atoms with van der Waals surface area (Å²) in [6.07, 6.45) is 4.37. The molecule has 1 fully saturated rings. The lowest BCUT2D eigenvalue weighted by Crippen LogP contribution is -2.47. The molecule has 1 unspecified atom stereocenters. The van der Waals surface area contributed by atoms with E-state index in [2.05, 4.69) is 17.2 Å². The smallest absolute Gasteiger partial charge is 0.257 e. The van der Waals surface area contributed by atoms with Gasteiger partial charge in [-0.3, -0.25) is 9.78 Å². The first-order valence-corrected chi connectivity index (χ1v) is 6.80. The first kappa shape index (κ1) is 13.8. The van der Waals surface area contributed by atoms with Crippen LogP contribution in [0, 0.1) is 0 Å². The molecule has 0 saturated carbocycles. The second-order valence-corrected chi connectivity index (χ2v) is 4.77. The number of pyridine rings is 1. The van der Waals surface area contributed by atoms with E-state index >= 15 is 0 Å². The van der Waals surface area contributed by atoms with Crippen molar-refractivity contribution in [2.45, 2.75) is 26.3 Å². The molecule has 1 aromatic heterocycles. The maximum absolute atomic E-state index is 12.6. The van der Waals surface area contributed by atoms with E-state index in [-0.39, 0.29) is 11.9 Å². The molecule has 2 heterocycles. The fourth-order valence-electron chi connectivity index (χ4n) is 2.16. The van der Waals surface area contributed by atoms with E-state index < -0.39 is 0 Å². The van der Waals surface area contributed by atoms with Gasteiger partial charge in [-0.1, -0.05) is 6.92 Å². The molecule has 1 amide bonds. The number of carbonyl (C=O) groups excluding carboxylic acids is 1. The summed E-state index contributed by atoms with van der Waals surface area (Å²) in [6.45, 7) is 6.80. The number of nitrogens with one attached hydrogen (secondary N) is 1. The van der Waals surface area contributed by atoms with Crippen molar-refractivity contribution in [3.05, 3.63) is 24.0 Å². The Morgan fingerprint density at radius 2 is 2.47 bits per heavy atom. The number of morpholine rings is 1. The molecule has 19 heavy (non-hydrogen) atoms. The number of hydrogen-bond acceptors (Lipinski definition) is 4. The summed E-state index contributed by atoms with van der Waals surface area (Å²) in [5.41, 5.74) is 1.50. The summed E-state index contributed by atoms with van der Waals surface area (Å²) in [4.78, 5) is 18.5. The Morgan fingerprint density at radius 3 is 3.21 bits per heavy atom. The fourth-order valence-corrected chi connectivity index (χ4v) is 2.16. The van der Waals surface area contributed by atoms with Crippen molar-refractivity contribution in [3.8, 4) is 0 Å². The van der Waals surface area contributed by atoms with Crippen LogP contribution < -0.4 is 5.32 Å². The number of anilines is 1. The van der Waals surface area contributed by atoms with Crippen LogP contribution in [0.25, 0.3) is 0 Å². The quantitative estimate of drug-likeness (QED) is 0.899. The van der Waals surface area contributed by atoms with Crippen molar-refractivity contribution in [1.82, 2.24) is 9.88 Å². The van der Waals surface area contributed by atoms with Gasteiger partial charge in [0.25, 0.3) is 5.91 Å². The highest BCUT2D eigenvalue weighted by Crippen LogP contribution is 2.18. The molecule has 104 valence electrons. The lowest BCUT2D eigenvalue weighted by molar-refractivity contribution is 0.00362. The second-order valence-electron chi connectivity index (χ2n) is 4.77. The molecular formula is C14H21N3O2. The Labute approximate surface area is 114 Å². The van der Waals surface area contributed by atoms with Crippen molar-refractivity contribution in [2.75, 3.05) is 31.6 Å². The second kappa shape index (κ2) is 6.52. The SMILES string of the molecule is CCCNc1ccncc1C(=O)N1CCOCC1C. The summed E-state index contributed by atoms with van der Waals surface area (Å²) < 4.78 is 5.37. The number of ether oxygens (including phenoxy) is 1. The van der Waals surface area contributed by atoms with Gasteiger partial charge in [0.15, 0.2) is 0 Å². The van der Waals surface area contributed by atoms with Gasteiger partial charge in [0.05, 0.1) is 30.5 Å². The molecule has 1 N–H and O–H groups in total. The number of aromatic nitrogens is 1. The molecule has 5 heteroatoms. The van der Waals surface area contributed by atoms with E-state index in [0.29, 0.717) is 25.3 Å². The number of amides is 1. The zero-order valence-electron chi connectivity index (χ0n) is 11.6. The summed E-state index contributed by atoms with van der Waals surface area (Å²) in [7, 11) is 0. The Morgan fingerprint density at radius 1 is 1.63 bits per heavy atom. The van der Waals surface area contributed by atoms with Gasteiger partial charge in [0, 0.05) is 25.5 Å². The minimum Gasteiger partial charge on any atom is -0.384 e. The van der Waals surface area contributed by atoms with E-state index in [0.717, 1.165) is 18.7 Å². The van der Waals surface area contributed by atoms with E-state index in [1.807, 2.05) is 17.9 Å². The largest absolute Gasteiger partial charge is 0.384 e. The monoisotopic (exact) mass is 263 g/mol. The predicted molar refractivity (Wildman–Crippen MR) is 74.3 cm³/mol. The van der Waals surface area contributed by atoms with Crippen molar-refractivity contribution in [1.29, 1.82) is 0 Å². The van der Waals surface area contributed by atoms with Gasteiger partial charge in [0.2, 0.25) is 0 Å². The standard InChI is InChI=1S/C14H21N3O2/c1-3-5-16-13-4-6-15-9-12(13)14(18)17-7-8-19-10-11(17)2/h4,6,9,11H,3,5,7-8,10H2,1-2H3,(H,15,16). The predicted octanol–water partition coefficient (Wildman–Crippen LogP) is 1.76. The number of nitrogens with zero attached hydrogens (tertiary/aromatic N) is 2. The molecule has 1 aliphatic rings. The Bertz CT molecular complexity index is 436. The average molecular weight is 263 g/mol. The molecule has 0 spiro atoms. The molecule has 1 atom stereocenters. The molecule has 0 aliphatic carbocycles. The highest BCUT2D eigenvalue weighted by atomic mass is 16.5. The third kappa shape index (κ3) is 3.23. The zero-order chi connectivity index (χ0) is 13.7. The van der Waals surface area contributed by atoms with Crippen LogP contribution in [0.2, 0.25) is 0 Å². The van der Waals surface area contributed by atoms with Crippen LogP contribution in [0.15, 0.2) is 18.5 Å². The zero-order valence-corrected chi connectivity index (χ0v) is 11.6. The van der Waals surface area contributed by atoms with Gasteiger partial charge in [-0.15, -0.1) is 0 Å². The van der Waals surface area contributed by atoms with E-state index in [1.54, 1.807) is 12.4 Å². The van der Waals surface area contributed by atoms with Gasteiger partial charge in [-0.2, -0.15) is 0 Å². The van der Waals surface area contributed by atoms with Crippen LogP contribution in [-0.4, -0.2) is 48.1 Å². The van der Waals surface area contributed by atoms with Crippen LogP contribution in [-0.2, 0) is 4.74 Å². The average Bonchev–Trinajstić information content (AvgIpc) is 2.45. The lowest BCUT2D eigenvalue weighted by atomic mass is 10.1. The van der Waals surface area contributed by atoms with Crippen LogP contribution in [0.4, 0.5) is 5.69 Å². The molecule has 1 aromatic rings. The summed E-state index contributed by atoms with van der Waals surface area (Å²) in [5.74, 6) is 0.0301. The summed E-state index contributed by atoms with van der Waals surface area (Å²) in [6, 6.07) is 1.97.